The van der Waals surface area contributed by atoms with Crippen LogP contribution in [0, 0.1) is 0 Å². The van der Waals surface area contributed by atoms with E-state index in [0.29, 0.717) is 0 Å². The van der Waals surface area contributed by atoms with Gasteiger partial charge in [0.15, 0.2) is 0 Å². The molecule has 4 heteroatoms. The number of halogens is 1. The van der Waals surface area contributed by atoms with Crippen molar-refractivity contribution in [1.82, 2.24) is 0 Å². The normalized spacial score (nSPS) is 10.6. The van der Waals surface area contributed by atoms with Gasteiger partial charge in [0.25, 0.3) is 0 Å². The first kappa shape index (κ1) is 12.3. The van der Waals surface area contributed by atoms with Gasteiger partial charge in [0.05, 0.1) is 0 Å². The van der Waals surface area contributed by atoms with Crippen molar-refractivity contribution in [3.8, 4) is 0 Å². The molecule has 0 radical (unpaired) electrons. The van der Waals surface area contributed by atoms with Crippen molar-refractivity contribution in [3.63, 3.8) is 0 Å². The Bertz CT molecular complexity index is 380. The molecule has 0 N–H and O–H groups in total. The van der Waals surface area contributed by atoms with E-state index < -0.39 is 5.68 Å². The number of rotatable bonds is 4. The lowest BCUT2D eigenvalue weighted by Gasteiger charge is -2.07. The van der Waals surface area contributed by atoms with Gasteiger partial charge in [-0.1, -0.05) is 70.4 Å². The molecule has 0 fully saturated rings. The SMILES string of the molecule is ClP(Sc1ccccc1)Sc1ccccc1. The molecule has 0 nitrogen and oxygen atoms in total. The van der Waals surface area contributed by atoms with E-state index in [1.54, 1.807) is 22.8 Å². The highest BCUT2D eigenvalue weighted by molar-refractivity contribution is 8.94. The third-order valence-corrected chi connectivity index (χ3v) is 7.80. The lowest BCUT2D eigenvalue weighted by Crippen LogP contribution is -1.66. The van der Waals surface area contributed by atoms with Gasteiger partial charge in [0, 0.05) is 9.79 Å². The zero-order valence-corrected chi connectivity index (χ0v) is 11.7. The van der Waals surface area contributed by atoms with Crippen molar-refractivity contribution < 1.29 is 0 Å². The smallest absolute Gasteiger partial charge is 0.0708 e. The predicted octanol–water partition coefficient (Wildman–Crippen LogP) is 6.04. The number of benzene rings is 2. The second kappa shape index (κ2) is 6.56. The minimum absolute atomic E-state index is 0.628. The van der Waals surface area contributed by atoms with Gasteiger partial charge >= 0.3 is 0 Å². The van der Waals surface area contributed by atoms with Crippen LogP contribution in [-0.4, -0.2) is 0 Å². The summed E-state index contributed by atoms with van der Waals surface area (Å²) in [6.07, 6.45) is 0. The maximum atomic E-state index is 6.34. The Labute approximate surface area is 110 Å². The Balaban J connectivity index is 1.92. The second-order valence-corrected chi connectivity index (χ2v) is 11.0. The van der Waals surface area contributed by atoms with Crippen LogP contribution in [0.5, 0.6) is 0 Å². The maximum Gasteiger partial charge on any atom is 0.119 e. The third kappa shape index (κ3) is 4.03. The summed E-state index contributed by atoms with van der Waals surface area (Å²) in [6, 6.07) is 20.6. The quantitative estimate of drug-likeness (QED) is 0.628. The van der Waals surface area contributed by atoms with Gasteiger partial charge in [-0.25, -0.2) is 0 Å². The third-order valence-electron chi connectivity index (χ3n) is 1.84. The highest BCUT2D eigenvalue weighted by Gasteiger charge is 2.08. The van der Waals surface area contributed by atoms with Crippen LogP contribution in [0.15, 0.2) is 70.5 Å². The number of hydrogen-bond donors (Lipinski definition) is 0. The largest absolute Gasteiger partial charge is 0.119 e. The standard InChI is InChI=1S/C12H10ClPS2/c13-14(15-11-7-3-1-4-8-11)16-12-9-5-2-6-10-12/h1-10H. The molecule has 0 atom stereocenters. The van der Waals surface area contributed by atoms with E-state index in [4.69, 9.17) is 11.2 Å². The van der Waals surface area contributed by atoms with Gasteiger partial charge in [-0.05, 0) is 24.3 Å². The van der Waals surface area contributed by atoms with E-state index in [1.807, 2.05) is 36.4 Å². The molecule has 82 valence electrons. The van der Waals surface area contributed by atoms with E-state index in [2.05, 4.69) is 24.3 Å². The van der Waals surface area contributed by atoms with Crippen molar-refractivity contribution in [2.45, 2.75) is 9.79 Å². The Kier molecular flexibility index (Phi) is 5.05. The zero-order chi connectivity index (χ0) is 11.2. The molecular weight excluding hydrogens is 275 g/mol. The summed E-state index contributed by atoms with van der Waals surface area (Å²) in [6.45, 7) is 0. The van der Waals surface area contributed by atoms with E-state index >= 15 is 0 Å². The van der Waals surface area contributed by atoms with Crippen LogP contribution in [0.3, 0.4) is 0 Å². The molecule has 0 saturated carbocycles. The summed E-state index contributed by atoms with van der Waals surface area (Å²) in [5.74, 6) is 0. The molecule has 0 aliphatic carbocycles. The van der Waals surface area contributed by atoms with E-state index in [9.17, 15) is 0 Å². The molecule has 0 aliphatic rings. The summed E-state index contributed by atoms with van der Waals surface area (Å²) >= 11 is 9.80. The van der Waals surface area contributed by atoms with Crippen LogP contribution in [0.2, 0.25) is 0 Å². The minimum Gasteiger partial charge on any atom is -0.0708 e. The summed E-state index contributed by atoms with van der Waals surface area (Å²) in [5.41, 5.74) is -0.628. The van der Waals surface area contributed by atoms with E-state index in [1.165, 1.54) is 9.79 Å². The van der Waals surface area contributed by atoms with Crippen molar-refractivity contribution >= 4 is 39.7 Å². The van der Waals surface area contributed by atoms with Crippen molar-refractivity contribution in [2.75, 3.05) is 0 Å². The fraction of sp³-hybridized carbons (Fsp3) is 0. The van der Waals surface area contributed by atoms with Crippen LogP contribution in [0.4, 0.5) is 0 Å². The molecule has 16 heavy (non-hydrogen) atoms. The lowest BCUT2D eigenvalue weighted by molar-refractivity contribution is 1.48. The first-order chi connectivity index (χ1) is 7.84. The van der Waals surface area contributed by atoms with Crippen LogP contribution >= 0.6 is 39.7 Å². The molecule has 0 spiro atoms. The van der Waals surface area contributed by atoms with Crippen LogP contribution in [0.1, 0.15) is 0 Å². The highest BCUT2D eigenvalue weighted by atomic mass is 35.7. The first-order valence-electron chi connectivity index (χ1n) is 4.76. The topological polar surface area (TPSA) is 0 Å². The van der Waals surface area contributed by atoms with Gasteiger partial charge in [-0.2, -0.15) is 0 Å². The predicted molar refractivity (Wildman–Crippen MR) is 77.4 cm³/mol. The fourth-order valence-corrected chi connectivity index (χ4v) is 7.23. The monoisotopic (exact) mass is 284 g/mol. The molecule has 0 bridgehead atoms. The Hall–Kier alpha value is -0.140. The molecule has 0 amide bonds. The van der Waals surface area contributed by atoms with Crippen LogP contribution in [0.25, 0.3) is 0 Å². The summed E-state index contributed by atoms with van der Waals surface area (Å²) < 4.78 is 0. The van der Waals surface area contributed by atoms with Crippen LogP contribution in [-0.2, 0) is 0 Å². The summed E-state index contributed by atoms with van der Waals surface area (Å²) in [5, 5.41) is 0. The van der Waals surface area contributed by atoms with Gasteiger partial charge in [0.1, 0.15) is 5.68 Å². The molecule has 2 aromatic rings. The number of hydrogen-bond acceptors (Lipinski definition) is 2. The Morgan fingerprint density at radius 1 is 0.688 bits per heavy atom. The highest BCUT2D eigenvalue weighted by Crippen LogP contribution is 2.69. The van der Waals surface area contributed by atoms with Crippen molar-refractivity contribution in [3.05, 3.63) is 60.7 Å². The lowest BCUT2D eigenvalue weighted by atomic mass is 10.4. The summed E-state index contributed by atoms with van der Waals surface area (Å²) in [4.78, 5) is 2.46. The molecular formula is C12H10ClPS2. The van der Waals surface area contributed by atoms with Gasteiger partial charge in [-0.15, -0.1) is 0 Å². The van der Waals surface area contributed by atoms with E-state index in [0.717, 1.165) is 0 Å². The van der Waals surface area contributed by atoms with Gasteiger partial charge in [0.2, 0.25) is 0 Å². The van der Waals surface area contributed by atoms with E-state index in [-0.39, 0.29) is 0 Å². The summed E-state index contributed by atoms with van der Waals surface area (Å²) in [7, 11) is 0. The van der Waals surface area contributed by atoms with Gasteiger partial charge < -0.3 is 0 Å². The zero-order valence-electron chi connectivity index (χ0n) is 8.42. The Morgan fingerprint density at radius 3 is 1.44 bits per heavy atom. The molecule has 0 saturated heterocycles. The van der Waals surface area contributed by atoms with Crippen molar-refractivity contribution in [2.24, 2.45) is 0 Å². The molecule has 0 unspecified atom stereocenters. The molecule has 0 heterocycles. The first-order valence-corrected chi connectivity index (χ1v) is 9.85. The molecule has 0 aromatic heterocycles. The molecule has 2 rings (SSSR count). The molecule has 0 aliphatic heterocycles. The maximum absolute atomic E-state index is 6.34. The average molecular weight is 285 g/mol. The Morgan fingerprint density at radius 2 is 1.06 bits per heavy atom. The molecule has 2 aromatic carbocycles. The minimum atomic E-state index is -0.628. The average Bonchev–Trinajstić information content (AvgIpc) is 2.31. The van der Waals surface area contributed by atoms with Crippen molar-refractivity contribution in [1.29, 1.82) is 0 Å². The van der Waals surface area contributed by atoms with Crippen LogP contribution < -0.4 is 0 Å². The second-order valence-electron chi connectivity index (χ2n) is 3.02. The van der Waals surface area contributed by atoms with Gasteiger partial charge in [-0.3, -0.25) is 0 Å². The fourth-order valence-electron chi connectivity index (χ4n) is 1.15.